The fourth-order valence-electron chi connectivity index (χ4n) is 0.899. The van der Waals surface area contributed by atoms with Crippen LogP contribution < -0.4 is 11.1 Å². The molecule has 0 spiro atoms. The van der Waals surface area contributed by atoms with Crippen LogP contribution in [-0.2, 0) is 4.79 Å². The van der Waals surface area contributed by atoms with Gasteiger partial charge in [-0.15, -0.1) is 0 Å². The molecule has 3 nitrogen and oxygen atoms in total. The molecule has 3 heteroatoms. The van der Waals surface area contributed by atoms with Crippen molar-refractivity contribution in [2.75, 3.05) is 7.05 Å². The van der Waals surface area contributed by atoms with Gasteiger partial charge in [-0.05, 0) is 13.3 Å². The maximum atomic E-state index is 10.7. The lowest BCUT2D eigenvalue weighted by Gasteiger charge is -2.07. The molecular weight excluding hydrogens is 140 g/mol. The van der Waals surface area contributed by atoms with Crippen LogP contribution in [0.4, 0.5) is 0 Å². The van der Waals surface area contributed by atoms with E-state index in [0.717, 1.165) is 18.5 Å². The summed E-state index contributed by atoms with van der Waals surface area (Å²) in [7, 11) is 1.80. The van der Waals surface area contributed by atoms with E-state index in [0.29, 0.717) is 5.57 Å². The van der Waals surface area contributed by atoms with Gasteiger partial charge in [0.1, 0.15) is 0 Å². The van der Waals surface area contributed by atoms with E-state index < -0.39 is 0 Å². The molecule has 0 saturated carbocycles. The van der Waals surface area contributed by atoms with E-state index in [1.54, 1.807) is 14.0 Å². The quantitative estimate of drug-likeness (QED) is 0.590. The van der Waals surface area contributed by atoms with E-state index in [4.69, 9.17) is 5.73 Å². The summed E-state index contributed by atoms with van der Waals surface area (Å²) >= 11 is 0. The van der Waals surface area contributed by atoms with Crippen molar-refractivity contribution in [3.63, 3.8) is 0 Å². The number of nitrogens with one attached hydrogen (secondary N) is 1. The number of rotatable bonds is 4. The second-order valence-corrected chi connectivity index (χ2v) is 2.47. The maximum Gasteiger partial charge on any atom is 0.246 e. The minimum absolute atomic E-state index is 0.345. The summed E-state index contributed by atoms with van der Waals surface area (Å²) in [5.74, 6) is -0.345. The highest BCUT2D eigenvalue weighted by molar-refractivity contribution is 5.91. The van der Waals surface area contributed by atoms with Crippen LogP contribution in [0.2, 0.25) is 0 Å². The highest BCUT2D eigenvalue weighted by Gasteiger charge is 2.03. The molecule has 0 atom stereocenters. The molecule has 11 heavy (non-hydrogen) atoms. The Labute approximate surface area is 67.7 Å². The van der Waals surface area contributed by atoms with Gasteiger partial charge in [-0.3, -0.25) is 4.79 Å². The van der Waals surface area contributed by atoms with Crippen LogP contribution in [0.5, 0.6) is 0 Å². The van der Waals surface area contributed by atoms with Gasteiger partial charge in [0.2, 0.25) is 5.91 Å². The normalized spacial score (nSPS) is 12.3. The van der Waals surface area contributed by atoms with Crippen molar-refractivity contribution in [1.29, 1.82) is 0 Å². The topological polar surface area (TPSA) is 55.1 Å². The zero-order chi connectivity index (χ0) is 8.85. The van der Waals surface area contributed by atoms with Gasteiger partial charge < -0.3 is 11.1 Å². The second-order valence-electron chi connectivity index (χ2n) is 2.47. The fourth-order valence-corrected chi connectivity index (χ4v) is 0.899. The van der Waals surface area contributed by atoms with Crippen LogP contribution in [0, 0.1) is 0 Å². The Balaban J connectivity index is 4.39. The van der Waals surface area contributed by atoms with Crippen molar-refractivity contribution in [3.05, 3.63) is 11.3 Å². The van der Waals surface area contributed by atoms with Crippen molar-refractivity contribution in [2.45, 2.75) is 26.7 Å². The smallest absolute Gasteiger partial charge is 0.246 e. The summed E-state index contributed by atoms with van der Waals surface area (Å²) in [5, 5.41) is 2.96. The second kappa shape index (κ2) is 4.77. The molecule has 0 heterocycles. The van der Waals surface area contributed by atoms with Gasteiger partial charge in [-0.2, -0.15) is 0 Å². The third-order valence-electron chi connectivity index (χ3n) is 1.62. The molecule has 64 valence electrons. The first kappa shape index (κ1) is 10.0. The summed E-state index contributed by atoms with van der Waals surface area (Å²) in [6.45, 7) is 3.80. The Bertz CT molecular complexity index is 173. The van der Waals surface area contributed by atoms with Gasteiger partial charge in [0, 0.05) is 18.3 Å². The summed E-state index contributed by atoms with van der Waals surface area (Å²) in [5.41, 5.74) is 6.68. The number of amides is 1. The molecule has 0 aliphatic rings. The highest BCUT2D eigenvalue weighted by Crippen LogP contribution is 2.06. The SMILES string of the molecule is CCCC(NC)=C(C)C(N)=O. The zero-order valence-electron chi connectivity index (χ0n) is 7.40. The third kappa shape index (κ3) is 3.07. The Morgan fingerprint density at radius 3 is 2.36 bits per heavy atom. The van der Waals surface area contributed by atoms with Crippen LogP contribution in [0.25, 0.3) is 0 Å². The minimum Gasteiger partial charge on any atom is -0.391 e. The third-order valence-corrected chi connectivity index (χ3v) is 1.62. The molecule has 0 aromatic carbocycles. The van der Waals surface area contributed by atoms with Gasteiger partial charge in [-0.1, -0.05) is 13.3 Å². The van der Waals surface area contributed by atoms with Crippen molar-refractivity contribution >= 4 is 5.91 Å². The Morgan fingerprint density at radius 1 is 1.55 bits per heavy atom. The average molecular weight is 156 g/mol. The molecule has 0 aliphatic carbocycles. The summed E-state index contributed by atoms with van der Waals surface area (Å²) < 4.78 is 0. The summed E-state index contributed by atoms with van der Waals surface area (Å²) in [6.07, 6.45) is 1.89. The van der Waals surface area contributed by atoms with Crippen LogP contribution in [0.3, 0.4) is 0 Å². The number of hydrogen-bond acceptors (Lipinski definition) is 2. The van der Waals surface area contributed by atoms with Gasteiger partial charge in [0.15, 0.2) is 0 Å². The van der Waals surface area contributed by atoms with E-state index in [1.807, 2.05) is 0 Å². The molecule has 0 bridgehead atoms. The molecular formula is C8H16N2O. The lowest BCUT2D eigenvalue weighted by Crippen LogP contribution is -2.18. The van der Waals surface area contributed by atoms with Gasteiger partial charge in [0.05, 0.1) is 0 Å². The lowest BCUT2D eigenvalue weighted by atomic mass is 10.1. The fraction of sp³-hybridized carbons (Fsp3) is 0.625. The number of hydrogen-bond donors (Lipinski definition) is 2. The predicted molar refractivity (Wildman–Crippen MR) is 45.9 cm³/mol. The number of carbonyl (C=O) groups is 1. The first-order valence-electron chi connectivity index (χ1n) is 3.80. The maximum absolute atomic E-state index is 10.7. The van der Waals surface area contributed by atoms with Crippen molar-refractivity contribution in [3.8, 4) is 0 Å². The van der Waals surface area contributed by atoms with Crippen molar-refractivity contribution < 1.29 is 4.79 Å². The van der Waals surface area contributed by atoms with Crippen LogP contribution in [0.1, 0.15) is 26.7 Å². The minimum atomic E-state index is -0.345. The molecule has 0 aliphatic heterocycles. The van der Waals surface area contributed by atoms with Gasteiger partial charge >= 0.3 is 0 Å². The van der Waals surface area contributed by atoms with Crippen LogP contribution in [-0.4, -0.2) is 13.0 Å². The van der Waals surface area contributed by atoms with Crippen LogP contribution >= 0.6 is 0 Å². The molecule has 0 aromatic heterocycles. The standard InChI is InChI=1S/C8H16N2O/c1-4-5-7(10-3)6(2)8(9)11/h10H,4-5H2,1-3H3,(H2,9,11). The highest BCUT2D eigenvalue weighted by atomic mass is 16.1. The average Bonchev–Trinajstić information content (AvgIpc) is 1.98. The molecule has 0 radical (unpaired) electrons. The zero-order valence-corrected chi connectivity index (χ0v) is 7.40. The summed E-state index contributed by atoms with van der Waals surface area (Å²) in [4.78, 5) is 10.7. The molecule has 1 amide bonds. The van der Waals surface area contributed by atoms with E-state index in [-0.39, 0.29) is 5.91 Å². The van der Waals surface area contributed by atoms with E-state index in [9.17, 15) is 4.79 Å². The molecule has 0 rings (SSSR count). The molecule has 0 saturated heterocycles. The van der Waals surface area contributed by atoms with E-state index in [2.05, 4.69) is 12.2 Å². The first-order chi connectivity index (χ1) is 5.13. The summed E-state index contributed by atoms with van der Waals surface area (Å²) in [6, 6.07) is 0. The number of nitrogens with two attached hydrogens (primary N) is 1. The molecule has 0 unspecified atom stereocenters. The van der Waals surface area contributed by atoms with E-state index >= 15 is 0 Å². The number of carbonyl (C=O) groups excluding carboxylic acids is 1. The van der Waals surface area contributed by atoms with Crippen molar-refractivity contribution in [2.24, 2.45) is 5.73 Å². The Hall–Kier alpha value is -0.990. The van der Waals surface area contributed by atoms with Gasteiger partial charge in [-0.25, -0.2) is 0 Å². The van der Waals surface area contributed by atoms with Crippen LogP contribution in [0.15, 0.2) is 11.3 Å². The van der Waals surface area contributed by atoms with Crippen molar-refractivity contribution in [1.82, 2.24) is 5.32 Å². The molecule has 0 aromatic rings. The Morgan fingerprint density at radius 2 is 2.09 bits per heavy atom. The lowest BCUT2D eigenvalue weighted by molar-refractivity contribution is -0.114. The monoisotopic (exact) mass is 156 g/mol. The number of primary amides is 1. The van der Waals surface area contributed by atoms with E-state index in [1.165, 1.54) is 0 Å². The number of allylic oxidation sites excluding steroid dienone is 1. The Kier molecular flexibility index (Phi) is 4.34. The molecule has 0 fully saturated rings. The first-order valence-corrected chi connectivity index (χ1v) is 3.80. The van der Waals surface area contributed by atoms with Gasteiger partial charge in [0.25, 0.3) is 0 Å². The predicted octanol–water partition coefficient (Wildman–Crippen LogP) is 0.765. The largest absolute Gasteiger partial charge is 0.391 e. The molecule has 3 N–H and O–H groups in total.